The van der Waals surface area contributed by atoms with Crippen LogP contribution < -0.4 is 8.92 Å². The van der Waals surface area contributed by atoms with E-state index in [0.717, 1.165) is 0 Å². The van der Waals surface area contributed by atoms with Crippen molar-refractivity contribution in [3.8, 4) is 11.5 Å². The average molecular weight is 378 g/mol. The number of methoxy groups -OCH3 is 1. The van der Waals surface area contributed by atoms with Crippen LogP contribution in [0, 0.1) is 0 Å². The number of rotatable bonds is 5. The molecule has 0 atom stereocenters. The van der Waals surface area contributed by atoms with Gasteiger partial charge in [0.25, 0.3) is 0 Å². The molecule has 0 heterocycles. The van der Waals surface area contributed by atoms with E-state index in [-0.39, 0.29) is 17.7 Å². The van der Waals surface area contributed by atoms with E-state index < -0.39 is 32.9 Å². The molecular formula is C15H13F3O6S. The normalized spacial score (nSPS) is 12.0. The number of benzene rings is 2. The molecule has 2 rings (SSSR count). The zero-order valence-electron chi connectivity index (χ0n) is 13.1. The Morgan fingerprint density at radius 2 is 1.84 bits per heavy atom. The predicted octanol–water partition coefficient (Wildman–Crippen LogP) is 3.25. The molecule has 0 aliphatic carbocycles. The Morgan fingerprint density at radius 3 is 2.40 bits per heavy atom. The molecule has 2 aromatic rings. The lowest BCUT2D eigenvalue weighted by atomic mass is 10.0. The van der Waals surface area contributed by atoms with Crippen molar-refractivity contribution < 1.29 is 40.0 Å². The predicted molar refractivity (Wildman–Crippen MR) is 82.1 cm³/mol. The highest BCUT2D eigenvalue weighted by Crippen LogP contribution is 2.40. The topological polar surface area (TPSA) is 78.9 Å². The molecular weight excluding hydrogens is 365 g/mol. The van der Waals surface area contributed by atoms with Gasteiger partial charge in [0, 0.05) is 5.39 Å². The number of fused-ring (bicyclic) bond motifs is 1. The van der Waals surface area contributed by atoms with Crippen LogP contribution in [0.3, 0.4) is 0 Å². The fraction of sp³-hybridized carbons (Fsp3) is 0.267. The van der Waals surface area contributed by atoms with Crippen molar-refractivity contribution in [3.05, 3.63) is 35.9 Å². The lowest BCUT2D eigenvalue weighted by Gasteiger charge is -2.17. The molecule has 0 N–H and O–H groups in total. The van der Waals surface area contributed by atoms with Gasteiger partial charge in [0.15, 0.2) is 5.75 Å². The first-order valence-electron chi connectivity index (χ1n) is 6.90. The van der Waals surface area contributed by atoms with Gasteiger partial charge in [-0.25, -0.2) is 4.79 Å². The molecule has 0 unspecified atom stereocenters. The Morgan fingerprint density at radius 1 is 1.20 bits per heavy atom. The maximum absolute atomic E-state index is 12.7. The SMILES string of the molecule is CCOC(=O)c1c(OC)cc2ccccc2c1OS(=O)(=O)C(F)(F)F. The molecule has 10 heteroatoms. The molecule has 0 spiro atoms. The summed E-state index contributed by atoms with van der Waals surface area (Å²) < 4.78 is 75.2. The number of esters is 1. The molecule has 2 aromatic carbocycles. The third-order valence-corrected chi connectivity index (χ3v) is 4.09. The first kappa shape index (κ1) is 18.8. The Bertz CT molecular complexity index is 905. The van der Waals surface area contributed by atoms with Crippen molar-refractivity contribution in [1.82, 2.24) is 0 Å². The molecule has 0 aliphatic rings. The Hall–Kier alpha value is -2.49. The van der Waals surface area contributed by atoms with Gasteiger partial charge in [-0.1, -0.05) is 24.3 Å². The van der Waals surface area contributed by atoms with E-state index in [0.29, 0.717) is 5.39 Å². The standard InChI is InChI=1S/C15H13F3O6S/c1-3-23-14(19)12-11(22-2)8-9-6-4-5-7-10(9)13(12)24-25(20,21)15(16,17)18/h4-8H,3H2,1-2H3. The molecule has 6 nitrogen and oxygen atoms in total. The van der Waals surface area contributed by atoms with Crippen LogP contribution in [0.5, 0.6) is 11.5 Å². The highest BCUT2D eigenvalue weighted by molar-refractivity contribution is 7.88. The number of ether oxygens (including phenoxy) is 2. The second-order valence-electron chi connectivity index (χ2n) is 4.71. The van der Waals surface area contributed by atoms with Gasteiger partial charge >= 0.3 is 21.6 Å². The Kier molecular flexibility index (Phi) is 5.12. The van der Waals surface area contributed by atoms with Crippen LogP contribution in [0.25, 0.3) is 10.8 Å². The molecule has 0 amide bonds. The third-order valence-electron chi connectivity index (χ3n) is 3.14. The summed E-state index contributed by atoms with van der Waals surface area (Å²) in [5.41, 5.74) is -6.21. The minimum Gasteiger partial charge on any atom is -0.496 e. The van der Waals surface area contributed by atoms with E-state index in [4.69, 9.17) is 9.47 Å². The summed E-state index contributed by atoms with van der Waals surface area (Å²) in [5.74, 6) is -2.05. The number of carbonyl (C=O) groups is 1. The van der Waals surface area contributed by atoms with Crippen LogP contribution in [0.1, 0.15) is 17.3 Å². The summed E-state index contributed by atoms with van der Waals surface area (Å²) in [4.78, 5) is 12.2. The second-order valence-corrected chi connectivity index (χ2v) is 6.25. The summed E-state index contributed by atoms with van der Waals surface area (Å²) in [6.07, 6.45) is 0. The first-order valence-corrected chi connectivity index (χ1v) is 8.30. The molecule has 25 heavy (non-hydrogen) atoms. The van der Waals surface area contributed by atoms with Gasteiger partial charge in [0.2, 0.25) is 0 Å². The summed E-state index contributed by atoms with van der Waals surface area (Å²) in [6.45, 7) is 1.40. The maximum atomic E-state index is 12.7. The van der Waals surface area contributed by atoms with Gasteiger partial charge in [-0.05, 0) is 18.4 Å². The molecule has 0 saturated carbocycles. The summed E-state index contributed by atoms with van der Waals surface area (Å²) in [6, 6.07) is 7.22. The van der Waals surface area contributed by atoms with E-state index in [1.807, 2.05) is 0 Å². The number of alkyl halides is 3. The van der Waals surface area contributed by atoms with E-state index in [1.165, 1.54) is 38.3 Å². The van der Waals surface area contributed by atoms with Gasteiger partial charge in [-0.3, -0.25) is 0 Å². The number of hydrogen-bond acceptors (Lipinski definition) is 6. The number of halogens is 3. The molecule has 0 aliphatic heterocycles. The Labute approximate surface area is 141 Å². The van der Waals surface area contributed by atoms with Crippen molar-refractivity contribution in [2.75, 3.05) is 13.7 Å². The smallest absolute Gasteiger partial charge is 0.496 e. The minimum atomic E-state index is -6.00. The summed E-state index contributed by atoms with van der Waals surface area (Å²) in [7, 11) is -4.83. The average Bonchev–Trinajstić information content (AvgIpc) is 2.53. The van der Waals surface area contributed by atoms with Crippen LogP contribution in [0.15, 0.2) is 30.3 Å². The summed E-state index contributed by atoms with van der Waals surface area (Å²) in [5, 5.41) is 0.305. The van der Waals surface area contributed by atoms with E-state index in [1.54, 1.807) is 6.07 Å². The highest BCUT2D eigenvalue weighted by atomic mass is 32.2. The highest BCUT2D eigenvalue weighted by Gasteiger charge is 2.49. The third kappa shape index (κ3) is 3.63. The van der Waals surface area contributed by atoms with Crippen LogP contribution >= 0.6 is 0 Å². The molecule has 0 bridgehead atoms. The molecule has 136 valence electrons. The fourth-order valence-corrected chi connectivity index (χ4v) is 2.58. The van der Waals surface area contributed by atoms with E-state index in [9.17, 15) is 26.4 Å². The van der Waals surface area contributed by atoms with Crippen molar-refractivity contribution >= 4 is 26.9 Å². The maximum Gasteiger partial charge on any atom is 0.534 e. The summed E-state index contributed by atoms with van der Waals surface area (Å²) >= 11 is 0. The lowest BCUT2D eigenvalue weighted by molar-refractivity contribution is -0.0500. The molecule has 0 radical (unpaired) electrons. The van der Waals surface area contributed by atoms with Gasteiger partial charge in [0.05, 0.1) is 13.7 Å². The monoisotopic (exact) mass is 378 g/mol. The van der Waals surface area contributed by atoms with E-state index >= 15 is 0 Å². The number of carbonyl (C=O) groups excluding carboxylic acids is 1. The molecule has 0 fully saturated rings. The van der Waals surface area contributed by atoms with Crippen LogP contribution in [0.4, 0.5) is 13.2 Å². The van der Waals surface area contributed by atoms with Crippen molar-refractivity contribution in [1.29, 1.82) is 0 Å². The van der Waals surface area contributed by atoms with E-state index in [2.05, 4.69) is 4.18 Å². The quantitative estimate of drug-likeness (QED) is 0.451. The zero-order chi connectivity index (χ0) is 18.8. The minimum absolute atomic E-state index is 0.0146. The van der Waals surface area contributed by atoms with Gasteiger partial charge in [-0.15, -0.1) is 0 Å². The number of hydrogen-bond donors (Lipinski definition) is 0. The van der Waals surface area contributed by atoms with Crippen LogP contribution in [-0.2, 0) is 14.9 Å². The fourth-order valence-electron chi connectivity index (χ4n) is 2.09. The van der Waals surface area contributed by atoms with Gasteiger partial charge in [-0.2, -0.15) is 21.6 Å². The zero-order valence-corrected chi connectivity index (χ0v) is 13.9. The van der Waals surface area contributed by atoms with Gasteiger partial charge < -0.3 is 13.7 Å². The molecule has 0 saturated heterocycles. The van der Waals surface area contributed by atoms with Crippen molar-refractivity contribution in [3.63, 3.8) is 0 Å². The van der Waals surface area contributed by atoms with Crippen LogP contribution in [0.2, 0.25) is 0 Å². The lowest BCUT2D eigenvalue weighted by Crippen LogP contribution is -2.29. The van der Waals surface area contributed by atoms with Crippen molar-refractivity contribution in [2.24, 2.45) is 0 Å². The van der Waals surface area contributed by atoms with Crippen molar-refractivity contribution in [2.45, 2.75) is 12.4 Å². The van der Waals surface area contributed by atoms with Gasteiger partial charge in [0.1, 0.15) is 11.3 Å². The first-order chi connectivity index (χ1) is 11.6. The second kappa shape index (κ2) is 6.79. The van der Waals surface area contributed by atoms with Crippen LogP contribution in [-0.4, -0.2) is 33.6 Å². The Balaban J connectivity index is 2.82. The largest absolute Gasteiger partial charge is 0.534 e. The molecule has 0 aromatic heterocycles.